The fourth-order valence-corrected chi connectivity index (χ4v) is 5.26. The van der Waals surface area contributed by atoms with Crippen molar-refractivity contribution >= 4 is 39.1 Å². The molecule has 3 aromatic rings. The summed E-state index contributed by atoms with van der Waals surface area (Å²) in [5, 5.41) is 3.36. The van der Waals surface area contributed by atoms with Gasteiger partial charge in [-0.15, -0.1) is 11.3 Å². The predicted molar refractivity (Wildman–Crippen MR) is 122 cm³/mol. The van der Waals surface area contributed by atoms with Crippen LogP contribution in [0.1, 0.15) is 39.5 Å². The van der Waals surface area contributed by atoms with E-state index in [1.807, 2.05) is 19.0 Å². The molecule has 1 aromatic carbocycles. The van der Waals surface area contributed by atoms with Crippen LogP contribution in [0.15, 0.2) is 29.1 Å². The zero-order valence-corrected chi connectivity index (χ0v) is 18.4. The van der Waals surface area contributed by atoms with Crippen LogP contribution in [-0.2, 0) is 30.7 Å². The van der Waals surface area contributed by atoms with Gasteiger partial charge in [-0.25, -0.2) is 4.98 Å². The maximum atomic E-state index is 13.5. The molecule has 0 saturated carbocycles. The normalized spacial score (nSPS) is 13.4. The van der Waals surface area contributed by atoms with Crippen LogP contribution in [0.4, 0.5) is 5.69 Å². The quantitative estimate of drug-likeness (QED) is 0.611. The number of amides is 2. The van der Waals surface area contributed by atoms with Gasteiger partial charge in [-0.2, -0.15) is 0 Å². The highest BCUT2D eigenvalue weighted by Crippen LogP contribution is 2.33. The lowest BCUT2D eigenvalue weighted by Gasteiger charge is -2.16. The van der Waals surface area contributed by atoms with Crippen molar-refractivity contribution in [2.45, 2.75) is 38.8 Å². The summed E-state index contributed by atoms with van der Waals surface area (Å²) in [4.78, 5) is 46.7. The molecule has 2 amide bonds. The Morgan fingerprint density at radius 1 is 1.23 bits per heavy atom. The monoisotopic (exact) mass is 439 g/mol. The Morgan fingerprint density at radius 3 is 2.71 bits per heavy atom. The topological polar surface area (TPSA) is 110 Å². The van der Waals surface area contributed by atoms with Gasteiger partial charge in [0.25, 0.3) is 11.5 Å². The number of carbonyl (C=O) groups is 2. The van der Waals surface area contributed by atoms with Gasteiger partial charge in [0.2, 0.25) is 5.91 Å². The number of thiophene rings is 1. The van der Waals surface area contributed by atoms with Gasteiger partial charge in [0, 0.05) is 4.88 Å². The van der Waals surface area contributed by atoms with Crippen LogP contribution in [-0.4, -0.2) is 40.4 Å². The second-order valence-corrected chi connectivity index (χ2v) is 9.09. The lowest BCUT2D eigenvalue weighted by Crippen LogP contribution is -2.33. The summed E-state index contributed by atoms with van der Waals surface area (Å²) in [7, 11) is 3.78. The Hall–Kier alpha value is -3.04. The van der Waals surface area contributed by atoms with Crippen LogP contribution in [0, 0.1) is 0 Å². The number of primary amides is 1. The summed E-state index contributed by atoms with van der Waals surface area (Å²) in [6.45, 7) is 0.238. The molecular formula is C22H25N5O3S. The Bertz CT molecular complexity index is 1230. The van der Waals surface area contributed by atoms with Crippen LogP contribution in [0.2, 0.25) is 0 Å². The lowest BCUT2D eigenvalue weighted by atomic mass is 9.97. The Kier molecular flexibility index (Phi) is 5.88. The fourth-order valence-electron chi connectivity index (χ4n) is 3.99. The molecule has 3 N–H and O–H groups in total. The molecule has 2 aromatic heterocycles. The average Bonchev–Trinajstić information content (AvgIpc) is 3.09. The number of nitrogens with zero attached hydrogens (tertiary/aromatic N) is 3. The van der Waals surface area contributed by atoms with E-state index in [0.29, 0.717) is 23.4 Å². The number of nitrogens with one attached hydrogen (secondary N) is 1. The molecule has 0 bridgehead atoms. The molecule has 162 valence electrons. The van der Waals surface area contributed by atoms with E-state index in [9.17, 15) is 14.4 Å². The number of benzene rings is 1. The third-order valence-electron chi connectivity index (χ3n) is 5.38. The van der Waals surface area contributed by atoms with Gasteiger partial charge < -0.3 is 16.0 Å². The molecule has 0 fully saturated rings. The smallest absolute Gasteiger partial charge is 0.263 e. The number of carbonyl (C=O) groups excluding carboxylic acids is 2. The first-order valence-electron chi connectivity index (χ1n) is 10.2. The summed E-state index contributed by atoms with van der Waals surface area (Å²) in [6, 6.07) is 6.54. The maximum absolute atomic E-state index is 13.5. The number of aryl methyl sites for hydroxylation is 2. The highest BCUT2D eigenvalue weighted by molar-refractivity contribution is 7.18. The molecule has 0 radical (unpaired) electrons. The van der Waals surface area contributed by atoms with E-state index >= 15 is 0 Å². The molecule has 0 unspecified atom stereocenters. The average molecular weight is 440 g/mol. The summed E-state index contributed by atoms with van der Waals surface area (Å²) in [5.74, 6) is -0.505. The van der Waals surface area contributed by atoms with Crippen molar-refractivity contribution in [2.24, 2.45) is 5.73 Å². The summed E-state index contributed by atoms with van der Waals surface area (Å²) in [5.41, 5.74) is 6.85. The van der Waals surface area contributed by atoms with Crippen molar-refractivity contribution < 1.29 is 9.59 Å². The standard InChI is InChI=1S/C22H25N5O3S/c1-26(2)11-17-25-21-19(14-8-4-6-10-16(14)31-21)22(30)27(17)12-18(28)24-15-9-5-3-7-13(15)20(23)29/h3,5,7,9H,4,6,8,10-12H2,1-2H3,(H2,23,29)(H,24,28). The molecule has 0 atom stereocenters. The van der Waals surface area contributed by atoms with Gasteiger partial charge in [-0.1, -0.05) is 12.1 Å². The SMILES string of the molecule is CN(C)Cc1nc2sc3c(c2c(=O)n1CC(=O)Nc1ccccc1C(N)=O)CCCC3. The second-order valence-electron chi connectivity index (χ2n) is 8.01. The Balaban J connectivity index is 1.73. The minimum absolute atomic E-state index is 0.181. The van der Waals surface area contributed by atoms with E-state index < -0.39 is 11.8 Å². The summed E-state index contributed by atoms with van der Waals surface area (Å²) in [6.07, 6.45) is 4.03. The van der Waals surface area contributed by atoms with Gasteiger partial charge in [-0.05, 0) is 57.5 Å². The van der Waals surface area contributed by atoms with E-state index in [0.717, 1.165) is 36.1 Å². The number of hydrogen-bond donors (Lipinski definition) is 2. The Labute approximate surface area is 183 Å². The van der Waals surface area contributed by atoms with E-state index in [1.54, 1.807) is 35.6 Å². The minimum atomic E-state index is -0.630. The molecule has 0 saturated heterocycles. The van der Waals surface area contributed by atoms with Crippen molar-refractivity contribution in [3.05, 3.63) is 56.4 Å². The largest absolute Gasteiger partial charge is 0.366 e. The molecule has 1 aliphatic rings. The minimum Gasteiger partial charge on any atom is -0.366 e. The molecule has 9 heteroatoms. The fraction of sp³-hybridized carbons (Fsp3) is 0.364. The molecule has 2 heterocycles. The van der Waals surface area contributed by atoms with E-state index in [2.05, 4.69) is 5.32 Å². The molecule has 31 heavy (non-hydrogen) atoms. The van der Waals surface area contributed by atoms with Crippen molar-refractivity contribution in [2.75, 3.05) is 19.4 Å². The number of aromatic nitrogens is 2. The third-order valence-corrected chi connectivity index (χ3v) is 6.57. The first kappa shape index (κ1) is 21.2. The molecule has 0 spiro atoms. The molecule has 1 aliphatic carbocycles. The number of rotatable bonds is 6. The van der Waals surface area contributed by atoms with Crippen LogP contribution in [0.3, 0.4) is 0 Å². The number of anilines is 1. The molecular weight excluding hydrogens is 414 g/mol. The molecule has 8 nitrogen and oxygen atoms in total. The highest BCUT2D eigenvalue weighted by Gasteiger charge is 2.23. The van der Waals surface area contributed by atoms with Gasteiger partial charge >= 0.3 is 0 Å². The number of hydrogen-bond acceptors (Lipinski definition) is 6. The van der Waals surface area contributed by atoms with Gasteiger partial charge in [0.1, 0.15) is 17.2 Å². The van der Waals surface area contributed by atoms with Crippen molar-refractivity contribution in [1.82, 2.24) is 14.5 Å². The van der Waals surface area contributed by atoms with Crippen LogP contribution in [0.5, 0.6) is 0 Å². The van der Waals surface area contributed by atoms with Crippen molar-refractivity contribution in [1.29, 1.82) is 0 Å². The first-order chi connectivity index (χ1) is 14.8. The summed E-state index contributed by atoms with van der Waals surface area (Å²) < 4.78 is 1.45. The van der Waals surface area contributed by atoms with Gasteiger partial charge in [-0.3, -0.25) is 19.0 Å². The predicted octanol–water partition coefficient (Wildman–Crippen LogP) is 2.14. The number of fused-ring (bicyclic) bond motifs is 3. The van der Waals surface area contributed by atoms with E-state index in [4.69, 9.17) is 10.7 Å². The third kappa shape index (κ3) is 4.24. The number of nitrogens with two attached hydrogens (primary N) is 1. The Morgan fingerprint density at radius 2 is 1.97 bits per heavy atom. The maximum Gasteiger partial charge on any atom is 0.263 e. The van der Waals surface area contributed by atoms with E-state index in [1.165, 1.54) is 9.44 Å². The van der Waals surface area contributed by atoms with Crippen molar-refractivity contribution in [3.8, 4) is 0 Å². The highest BCUT2D eigenvalue weighted by atomic mass is 32.1. The second kappa shape index (κ2) is 8.60. The molecule has 0 aliphatic heterocycles. The van der Waals surface area contributed by atoms with Gasteiger partial charge in [0.15, 0.2) is 0 Å². The first-order valence-corrected chi connectivity index (χ1v) is 11.0. The van der Waals surface area contributed by atoms with Crippen LogP contribution >= 0.6 is 11.3 Å². The van der Waals surface area contributed by atoms with Gasteiger partial charge in [0.05, 0.1) is 23.2 Å². The summed E-state index contributed by atoms with van der Waals surface area (Å²) >= 11 is 1.60. The zero-order chi connectivity index (χ0) is 22.1. The number of para-hydroxylation sites is 1. The van der Waals surface area contributed by atoms with Crippen LogP contribution < -0.4 is 16.6 Å². The zero-order valence-electron chi connectivity index (χ0n) is 17.6. The lowest BCUT2D eigenvalue weighted by molar-refractivity contribution is -0.116. The van der Waals surface area contributed by atoms with Crippen molar-refractivity contribution in [3.63, 3.8) is 0 Å². The van der Waals surface area contributed by atoms with Crippen LogP contribution in [0.25, 0.3) is 10.2 Å². The van der Waals surface area contributed by atoms with E-state index in [-0.39, 0.29) is 17.7 Å². The molecule has 4 rings (SSSR count).